The van der Waals surface area contributed by atoms with Crippen molar-refractivity contribution in [2.24, 2.45) is 5.92 Å². The minimum atomic E-state index is -0.876. The first-order valence-electron chi connectivity index (χ1n) is 6.10. The van der Waals surface area contributed by atoms with Crippen molar-refractivity contribution in [3.05, 3.63) is 29.6 Å². The number of carbonyl (C=O) groups is 1. The Kier molecular flexibility index (Phi) is 5.56. The van der Waals surface area contributed by atoms with E-state index in [0.717, 1.165) is 38.2 Å². The molecule has 0 amide bonds. The van der Waals surface area contributed by atoms with E-state index in [2.05, 4.69) is 16.8 Å². The summed E-state index contributed by atoms with van der Waals surface area (Å²) in [5.41, 5.74) is 1.07. The van der Waals surface area contributed by atoms with Crippen molar-refractivity contribution in [1.29, 1.82) is 0 Å². The maximum absolute atomic E-state index is 11.1. The summed E-state index contributed by atoms with van der Waals surface area (Å²) in [7, 11) is 0. The van der Waals surface area contributed by atoms with Crippen LogP contribution in [0.4, 0.5) is 0 Å². The molecule has 0 saturated carbocycles. The molecule has 0 aromatic carbocycles. The van der Waals surface area contributed by atoms with Gasteiger partial charge >= 0.3 is 5.97 Å². The molecular formula is C13H19ClN2O2. The summed E-state index contributed by atoms with van der Waals surface area (Å²) < 4.78 is 0. The molecule has 1 aliphatic heterocycles. The first kappa shape index (κ1) is 14.9. The van der Waals surface area contributed by atoms with E-state index in [-0.39, 0.29) is 12.4 Å². The Morgan fingerprint density at radius 2 is 2.39 bits per heavy atom. The third kappa shape index (κ3) is 3.43. The number of halogens is 1. The second kappa shape index (κ2) is 6.71. The van der Waals surface area contributed by atoms with Crippen LogP contribution in [-0.4, -0.2) is 40.6 Å². The molecule has 1 saturated heterocycles. The summed E-state index contributed by atoms with van der Waals surface area (Å²) in [5.74, 6) is -0.332. The smallest absolute Gasteiger partial charge is 0.337 e. The van der Waals surface area contributed by atoms with Gasteiger partial charge in [-0.3, -0.25) is 4.98 Å². The van der Waals surface area contributed by atoms with Crippen LogP contribution in [0.15, 0.2) is 18.3 Å². The molecule has 0 bridgehead atoms. The lowest BCUT2D eigenvalue weighted by molar-refractivity contribution is 0.0695. The number of aromatic nitrogens is 1. The highest BCUT2D eigenvalue weighted by Crippen LogP contribution is 2.21. The molecule has 1 fully saturated rings. The summed E-state index contributed by atoms with van der Waals surface area (Å²) in [5, 5.41) is 9.09. The number of hydrogen-bond acceptors (Lipinski definition) is 3. The zero-order valence-corrected chi connectivity index (χ0v) is 11.3. The van der Waals surface area contributed by atoms with Gasteiger partial charge in [0.25, 0.3) is 0 Å². The molecule has 1 atom stereocenters. The van der Waals surface area contributed by atoms with E-state index in [4.69, 9.17) is 5.11 Å². The Morgan fingerprint density at radius 3 is 3.00 bits per heavy atom. The van der Waals surface area contributed by atoms with E-state index >= 15 is 0 Å². The monoisotopic (exact) mass is 270 g/mol. The van der Waals surface area contributed by atoms with E-state index in [1.807, 2.05) is 0 Å². The van der Waals surface area contributed by atoms with Crippen molar-refractivity contribution < 1.29 is 9.90 Å². The Balaban J connectivity index is 0.00000162. The fraction of sp³-hybridized carbons (Fsp3) is 0.538. The molecule has 1 aromatic rings. The molecule has 18 heavy (non-hydrogen) atoms. The van der Waals surface area contributed by atoms with Crippen molar-refractivity contribution in [1.82, 2.24) is 9.88 Å². The third-order valence-corrected chi connectivity index (χ3v) is 3.42. The standard InChI is InChI=1S/C13H18N2O2.ClH/c1-2-15-7-5-10(9-15)8-12-11(13(16)17)4-3-6-14-12;/h3-4,6,10H,2,5,7-9H2,1H3,(H,16,17);1H. The van der Waals surface area contributed by atoms with Gasteiger partial charge in [-0.25, -0.2) is 4.79 Å². The molecule has 4 nitrogen and oxygen atoms in total. The van der Waals surface area contributed by atoms with Gasteiger partial charge in [-0.2, -0.15) is 0 Å². The number of carboxylic acids is 1. The van der Waals surface area contributed by atoms with Gasteiger partial charge in [0.2, 0.25) is 0 Å². The molecule has 1 N–H and O–H groups in total. The first-order chi connectivity index (χ1) is 8.20. The highest BCUT2D eigenvalue weighted by atomic mass is 35.5. The number of rotatable bonds is 4. The molecule has 2 heterocycles. The fourth-order valence-corrected chi connectivity index (χ4v) is 2.44. The second-order valence-electron chi connectivity index (χ2n) is 4.55. The van der Waals surface area contributed by atoms with Crippen molar-refractivity contribution >= 4 is 18.4 Å². The third-order valence-electron chi connectivity index (χ3n) is 3.42. The molecule has 0 radical (unpaired) electrons. The number of aromatic carboxylic acids is 1. The molecule has 0 spiro atoms. The molecule has 1 unspecified atom stereocenters. The van der Waals surface area contributed by atoms with Crippen LogP contribution in [0.1, 0.15) is 29.4 Å². The van der Waals surface area contributed by atoms with Crippen molar-refractivity contribution in [3.63, 3.8) is 0 Å². The maximum atomic E-state index is 11.1. The highest BCUT2D eigenvalue weighted by molar-refractivity contribution is 5.88. The van der Waals surface area contributed by atoms with Gasteiger partial charge in [-0.1, -0.05) is 6.92 Å². The number of nitrogens with zero attached hydrogens (tertiary/aromatic N) is 2. The summed E-state index contributed by atoms with van der Waals surface area (Å²) in [6.07, 6.45) is 3.59. The van der Waals surface area contributed by atoms with E-state index < -0.39 is 5.97 Å². The minimum absolute atomic E-state index is 0. The lowest BCUT2D eigenvalue weighted by Crippen LogP contribution is -2.20. The minimum Gasteiger partial charge on any atom is -0.478 e. The second-order valence-corrected chi connectivity index (χ2v) is 4.55. The Bertz CT molecular complexity index is 412. The first-order valence-corrected chi connectivity index (χ1v) is 6.10. The van der Waals surface area contributed by atoms with Crippen LogP contribution in [0.5, 0.6) is 0 Å². The predicted octanol–water partition coefficient (Wildman–Crippen LogP) is 2.09. The number of hydrogen-bond donors (Lipinski definition) is 1. The Labute approximate surface area is 113 Å². The van der Waals surface area contributed by atoms with Crippen LogP contribution >= 0.6 is 12.4 Å². The van der Waals surface area contributed by atoms with Gasteiger partial charge in [0, 0.05) is 12.7 Å². The summed E-state index contributed by atoms with van der Waals surface area (Å²) in [6.45, 7) is 5.42. The molecule has 0 aliphatic carbocycles. The molecule has 1 aliphatic rings. The van der Waals surface area contributed by atoms with E-state index in [1.165, 1.54) is 0 Å². The van der Waals surface area contributed by atoms with Gasteiger partial charge in [-0.15, -0.1) is 12.4 Å². The van der Waals surface area contributed by atoms with Gasteiger partial charge < -0.3 is 10.0 Å². The zero-order chi connectivity index (χ0) is 12.3. The molecule has 100 valence electrons. The van der Waals surface area contributed by atoms with Crippen LogP contribution in [0.2, 0.25) is 0 Å². The van der Waals surface area contributed by atoms with Gasteiger partial charge in [-0.05, 0) is 44.0 Å². The van der Waals surface area contributed by atoms with E-state index in [0.29, 0.717) is 11.5 Å². The average molecular weight is 271 g/mol. The van der Waals surface area contributed by atoms with E-state index in [1.54, 1.807) is 18.3 Å². The Morgan fingerprint density at radius 1 is 1.61 bits per heavy atom. The topological polar surface area (TPSA) is 53.4 Å². The summed E-state index contributed by atoms with van der Waals surface area (Å²) >= 11 is 0. The predicted molar refractivity (Wildman–Crippen MR) is 72.4 cm³/mol. The normalized spacial score (nSPS) is 19.5. The fourth-order valence-electron chi connectivity index (χ4n) is 2.44. The average Bonchev–Trinajstić information content (AvgIpc) is 2.77. The van der Waals surface area contributed by atoms with Crippen molar-refractivity contribution in [2.45, 2.75) is 19.8 Å². The number of pyridine rings is 1. The lowest BCUT2D eigenvalue weighted by atomic mass is 9.99. The van der Waals surface area contributed by atoms with Gasteiger partial charge in [0.15, 0.2) is 0 Å². The quantitative estimate of drug-likeness (QED) is 0.910. The van der Waals surface area contributed by atoms with E-state index in [9.17, 15) is 4.79 Å². The summed E-state index contributed by atoms with van der Waals surface area (Å²) in [6, 6.07) is 3.32. The highest BCUT2D eigenvalue weighted by Gasteiger charge is 2.23. The van der Waals surface area contributed by atoms with Gasteiger partial charge in [0.1, 0.15) is 0 Å². The SMILES string of the molecule is CCN1CCC(Cc2ncccc2C(=O)O)C1.Cl. The van der Waals surface area contributed by atoms with Gasteiger partial charge in [0.05, 0.1) is 11.3 Å². The lowest BCUT2D eigenvalue weighted by Gasteiger charge is -2.13. The number of carboxylic acid groups (broad SMARTS) is 1. The van der Waals surface area contributed by atoms with Crippen molar-refractivity contribution in [3.8, 4) is 0 Å². The largest absolute Gasteiger partial charge is 0.478 e. The molecule has 1 aromatic heterocycles. The molecule has 2 rings (SSSR count). The van der Waals surface area contributed by atoms with Crippen LogP contribution in [0.3, 0.4) is 0 Å². The van der Waals surface area contributed by atoms with Crippen LogP contribution in [0.25, 0.3) is 0 Å². The van der Waals surface area contributed by atoms with Crippen LogP contribution < -0.4 is 0 Å². The summed E-state index contributed by atoms with van der Waals surface area (Å²) in [4.78, 5) is 17.7. The van der Waals surface area contributed by atoms with Crippen LogP contribution in [0, 0.1) is 5.92 Å². The molecule has 5 heteroatoms. The van der Waals surface area contributed by atoms with Crippen LogP contribution in [-0.2, 0) is 6.42 Å². The molecular weight excluding hydrogens is 252 g/mol. The zero-order valence-electron chi connectivity index (χ0n) is 10.5. The number of likely N-dealkylation sites (tertiary alicyclic amines) is 1. The maximum Gasteiger partial charge on any atom is 0.337 e. The Hall–Kier alpha value is -1.13. The van der Waals surface area contributed by atoms with Crippen molar-refractivity contribution in [2.75, 3.05) is 19.6 Å².